The summed E-state index contributed by atoms with van der Waals surface area (Å²) in [4.78, 5) is 8.72. The molecule has 0 spiro atoms. The van der Waals surface area contributed by atoms with Crippen molar-refractivity contribution in [1.82, 2.24) is 10.3 Å². The van der Waals surface area contributed by atoms with Gasteiger partial charge in [-0.3, -0.25) is 9.98 Å². The summed E-state index contributed by atoms with van der Waals surface area (Å²) in [7, 11) is 3.37. The molecule has 0 bridgehead atoms. The highest BCUT2D eigenvalue weighted by Crippen LogP contribution is 2.30. The van der Waals surface area contributed by atoms with Gasteiger partial charge in [-0.05, 0) is 42.8 Å². The Labute approximate surface area is 194 Å². The van der Waals surface area contributed by atoms with Crippen molar-refractivity contribution >= 4 is 35.6 Å². The Morgan fingerprint density at radius 2 is 1.90 bits per heavy atom. The van der Waals surface area contributed by atoms with E-state index >= 15 is 0 Å². The van der Waals surface area contributed by atoms with Gasteiger partial charge >= 0.3 is 0 Å². The van der Waals surface area contributed by atoms with Gasteiger partial charge in [-0.2, -0.15) is 0 Å². The number of anilines is 1. The van der Waals surface area contributed by atoms with Crippen LogP contribution in [-0.4, -0.2) is 31.7 Å². The predicted molar refractivity (Wildman–Crippen MR) is 133 cm³/mol. The fraction of sp³-hybridized carbons (Fsp3) is 0.217. The third kappa shape index (κ3) is 6.35. The van der Waals surface area contributed by atoms with E-state index < -0.39 is 0 Å². The standard InChI is InChI=1S/C23H26N4O2.HI/c1-4-29-21-12-11-19(15-22(21)28-3)27-23(24-2)26-16-17-8-7-9-18(14-17)20-10-5-6-13-25-20;/h5-15H,4,16H2,1-3H3,(H2,24,26,27);1H. The fourth-order valence-electron chi connectivity index (χ4n) is 2.90. The van der Waals surface area contributed by atoms with Gasteiger partial charge in [0.25, 0.3) is 0 Å². The van der Waals surface area contributed by atoms with Crippen LogP contribution in [0.25, 0.3) is 11.3 Å². The number of guanidine groups is 1. The summed E-state index contributed by atoms with van der Waals surface area (Å²) in [5.41, 5.74) is 4.04. The van der Waals surface area contributed by atoms with E-state index in [1.165, 1.54) is 0 Å². The highest BCUT2D eigenvalue weighted by Gasteiger charge is 2.07. The molecule has 158 valence electrons. The molecule has 0 amide bonds. The van der Waals surface area contributed by atoms with Crippen molar-refractivity contribution in [3.8, 4) is 22.8 Å². The van der Waals surface area contributed by atoms with Crippen LogP contribution in [-0.2, 0) is 6.54 Å². The molecule has 0 saturated carbocycles. The first-order chi connectivity index (χ1) is 14.2. The number of halogens is 1. The molecule has 0 atom stereocenters. The van der Waals surface area contributed by atoms with Gasteiger partial charge in [0.1, 0.15) is 0 Å². The molecule has 7 heteroatoms. The normalized spacial score (nSPS) is 10.7. The number of ether oxygens (including phenoxy) is 2. The molecule has 1 aromatic heterocycles. The van der Waals surface area contributed by atoms with Gasteiger partial charge in [0, 0.05) is 37.1 Å². The van der Waals surface area contributed by atoms with Crippen molar-refractivity contribution in [3.05, 3.63) is 72.4 Å². The van der Waals surface area contributed by atoms with Gasteiger partial charge in [-0.1, -0.05) is 24.3 Å². The smallest absolute Gasteiger partial charge is 0.195 e. The van der Waals surface area contributed by atoms with Crippen LogP contribution >= 0.6 is 24.0 Å². The number of methoxy groups -OCH3 is 1. The van der Waals surface area contributed by atoms with Crippen LogP contribution in [0.15, 0.2) is 71.9 Å². The zero-order valence-corrected chi connectivity index (χ0v) is 19.7. The maximum Gasteiger partial charge on any atom is 0.195 e. The summed E-state index contributed by atoms with van der Waals surface area (Å²) in [5, 5.41) is 6.62. The molecule has 0 unspecified atom stereocenters. The van der Waals surface area contributed by atoms with Crippen LogP contribution in [0.5, 0.6) is 11.5 Å². The second kappa shape index (κ2) is 12.0. The van der Waals surface area contributed by atoms with Gasteiger partial charge in [0.15, 0.2) is 17.5 Å². The number of hydrogen-bond acceptors (Lipinski definition) is 4. The number of benzene rings is 2. The largest absolute Gasteiger partial charge is 0.493 e. The summed E-state index contributed by atoms with van der Waals surface area (Å²) in [6.45, 7) is 3.17. The first-order valence-electron chi connectivity index (χ1n) is 9.52. The lowest BCUT2D eigenvalue weighted by molar-refractivity contribution is 0.311. The average molecular weight is 518 g/mol. The van der Waals surface area contributed by atoms with Gasteiger partial charge in [0.2, 0.25) is 0 Å². The number of pyridine rings is 1. The number of rotatable bonds is 7. The van der Waals surface area contributed by atoms with E-state index in [2.05, 4.69) is 38.8 Å². The summed E-state index contributed by atoms with van der Waals surface area (Å²) in [6, 6.07) is 19.9. The molecule has 0 aliphatic heterocycles. The molecule has 0 fully saturated rings. The molecule has 3 aromatic rings. The minimum atomic E-state index is 0. The lowest BCUT2D eigenvalue weighted by atomic mass is 10.1. The minimum Gasteiger partial charge on any atom is -0.493 e. The van der Waals surface area contributed by atoms with E-state index in [1.54, 1.807) is 20.4 Å². The second-order valence-electron chi connectivity index (χ2n) is 6.26. The topological polar surface area (TPSA) is 67.8 Å². The van der Waals surface area contributed by atoms with Crippen LogP contribution in [0, 0.1) is 0 Å². The van der Waals surface area contributed by atoms with Crippen LogP contribution in [0.4, 0.5) is 5.69 Å². The number of aliphatic imine (C=N–C) groups is 1. The quantitative estimate of drug-likeness (QED) is 0.263. The van der Waals surface area contributed by atoms with Crippen molar-refractivity contribution in [2.45, 2.75) is 13.5 Å². The Morgan fingerprint density at radius 1 is 1.03 bits per heavy atom. The lowest BCUT2D eigenvalue weighted by Crippen LogP contribution is -2.30. The van der Waals surface area contributed by atoms with Crippen molar-refractivity contribution in [1.29, 1.82) is 0 Å². The number of aromatic nitrogens is 1. The van der Waals surface area contributed by atoms with Crippen molar-refractivity contribution in [2.75, 3.05) is 26.1 Å². The first-order valence-corrected chi connectivity index (χ1v) is 9.52. The van der Waals surface area contributed by atoms with E-state index in [-0.39, 0.29) is 24.0 Å². The molecule has 0 saturated heterocycles. The van der Waals surface area contributed by atoms with Crippen LogP contribution < -0.4 is 20.1 Å². The summed E-state index contributed by atoms with van der Waals surface area (Å²) in [5.74, 6) is 2.06. The third-order valence-electron chi connectivity index (χ3n) is 4.30. The van der Waals surface area contributed by atoms with Crippen LogP contribution in [0.2, 0.25) is 0 Å². The van der Waals surface area contributed by atoms with E-state index in [1.807, 2.05) is 49.4 Å². The zero-order chi connectivity index (χ0) is 20.5. The molecule has 0 aliphatic rings. The monoisotopic (exact) mass is 518 g/mol. The average Bonchev–Trinajstić information content (AvgIpc) is 2.78. The SMILES string of the molecule is CCOc1ccc(NC(=NC)NCc2cccc(-c3ccccn3)c2)cc1OC.I. The van der Waals surface area contributed by atoms with Gasteiger partial charge in [-0.25, -0.2) is 0 Å². The molecule has 0 radical (unpaired) electrons. The Balaban J connectivity index is 0.00000320. The van der Waals surface area contributed by atoms with E-state index in [0.717, 1.165) is 28.3 Å². The Morgan fingerprint density at radius 3 is 2.60 bits per heavy atom. The minimum absolute atomic E-state index is 0. The van der Waals surface area contributed by atoms with E-state index in [9.17, 15) is 0 Å². The molecule has 2 N–H and O–H groups in total. The number of nitrogens with zero attached hydrogens (tertiary/aromatic N) is 2. The molecule has 0 aliphatic carbocycles. The molecule has 3 rings (SSSR count). The van der Waals surface area contributed by atoms with Gasteiger partial charge in [0.05, 0.1) is 19.4 Å². The summed E-state index contributed by atoms with van der Waals surface area (Å²) < 4.78 is 11.0. The maximum absolute atomic E-state index is 5.56. The predicted octanol–water partition coefficient (Wildman–Crippen LogP) is 4.96. The lowest BCUT2D eigenvalue weighted by Gasteiger charge is -2.15. The summed E-state index contributed by atoms with van der Waals surface area (Å²) >= 11 is 0. The van der Waals surface area contributed by atoms with Crippen molar-refractivity contribution in [3.63, 3.8) is 0 Å². The highest BCUT2D eigenvalue weighted by molar-refractivity contribution is 14.0. The van der Waals surface area contributed by atoms with E-state index in [4.69, 9.17) is 9.47 Å². The molecular formula is C23H27IN4O2. The Hall–Kier alpha value is -2.81. The molecule has 1 heterocycles. The van der Waals surface area contributed by atoms with Gasteiger partial charge in [-0.15, -0.1) is 24.0 Å². The summed E-state index contributed by atoms with van der Waals surface area (Å²) in [6.07, 6.45) is 1.80. The molecule has 30 heavy (non-hydrogen) atoms. The number of nitrogens with one attached hydrogen (secondary N) is 2. The zero-order valence-electron chi connectivity index (χ0n) is 17.4. The van der Waals surface area contributed by atoms with Crippen LogP contribution in [0.3, 0.4) is 0 Å². The second-order valence-corrected chi connectivity index (χ2v) is 6.26. The number of hydrogen-bond donors (Lipinski definition) is 2. The molecule has 6 nitrogen and oxygen atoms in total. The Bertz CT molecular complexity index is 964. The van der Waals surface area contributed by atoms with E-state index in [0.29, 0.717) is 24.9 Å². The van der Waals surface area contributed by atoms with Crippen molar-refractivity contribution in [2.24, 2.45) is 4.99 Å². The Kier molecular flexibility index (Phi) is 9.40. The highest BCUT2D eigenvalue weighted by atomic mass is 127. The van der Waals surface area contributed by atoms with Crippen LogP contribution in [0.1, 0.15) is 12.5 Å². The third-order valence-corrected chi connectivity index (χ3v) is 4.30. The first kappa shape index (κ1) is 23.5. The molecular weight excluding hydrogens is 491 g/mol. The molecule has 2 aromatic carbocycles. The van der Waals surface area contributed by atoms with Gasteiger partial charge < -0.3 is 20.1 Å². The fourth-order valence-corrected chi connectivity index (χ4v) is 2.90. The maximum atomic E-state index is 5.56. The van der Waals surface area contributed by atoms with Crippen molar-refractivity contribution < 1.29 is 9.47 Å².